The molecule has 5 heteroatoms. The van der Waals surface area contributed by atoms with E-state index in [0.29, 0.717) is 12.1 Å². The molecule has 0 radical (unpaired) electrons. The van der Waals surface area contributed by atoms with Crippen molar-refractivity contribution < 1.29 is 13.5 Å². The Balaban J connectivity index is 1.63. The summed E-state index contributed by atoms with van der Waals surface area (Å²) in [5.74, 6) is 0.228. The summed E-state index contributed by atoms with van der Waals surface area (Å²) in [6, 6.07) is 8.34. The minimum absolute atomic E-state index is 0.228. The van der Waals surface area contributed by atoms with Gasteiger partial charge in [0.05, 0.1) is 0 Å². The lowest BCUT2D eigenvalue weighted by molar-refractivity contribution is -0.0498. The number of rotatable bonds is 5. The van der Waals surface area contributed by atoms with Crippen molar-refractivity contribution in [3.8, 4) is 5.75 Å². The van der Waals surface area contributed by atoms with E-state index in [1.165, 1.54) is 19.4 Å². The van der Waals surface area contributed by atoms with Gasteiger partial charge in [0.1, 0.15) is 5.75 Å². The zero-order valence-electron chi connectivity index (χ0n) is 13.0. The fourth-order valence-electron chi connectivity index (χ4n) is 3.74. The fourth-order valence-corrected chi connectivity index (χ4v) is 3.74. The van der Waals surface area contributed by atoms with Gasteiger partial charge in [0.2, 0.25) is 0 Å². The molecule has 1 aromatic rings. The van der Waals surface area contributed by atoms with Gasteiger partial charge < -0.3 is 4.74 Å². The van der Waals surface area contributed by atoms with Gasteiger partial charge in [0.15, 0.2) is 0 Å². The first-order chi connectivity index (χ1) is 10.7. The third-order valence-corrected chi connectivity index (χ3v) is 4.91. The molecule has 0 unspecified atom stereocenters. The predicted molar refractivity (Wildman–Crippen MR) is 82.2 cm³/mol. The number of hydrogen-bond acceptors (Lipinski definition) is 3. The van der Waals surface area contributed by atoms with E-state index < -0.39 is 6.61 Å². The lowest BCUT2D eigenvalue weighted by atomic mass is 10.0. The molecule has 22 heavy (non-hydrogen) atoms. The molecule has 2 atom stereocenters. The molecule has 2 saturated heterocycles. The van der Waals surface area contributed by atoms with Gasteiger partial charge >= 0.3 is 6.61 Å². The fraction of sp³-hybridized carbons (Fsp3) is 0.647. The van der Waals surface area contributed by atoms with Crippen LogP contribution in [-0.2, 0) is 6.54 Å². The third-order valence-electron chi connectivity index (χ3n) is 4.91. The molecule has 0 saturated carbocycles. The molecule has 2 heterocycles. The average Bonchev–Trinajstić information content (AvgIpc) is 2.95. The molecule has 0 amide bonds. The third kappa shape index (κ3) is 3.58. The normalized spacial score (nSPS) is 26.4. The van der Waals surface area contributed by atoms with Gasteiger partial charge in [-0.2, -0.15) is 8.78 Å². The molecular formula is C17H24F2N2O. The van der Waals surface area contributed by atoms with Crippen molar-refractivity contribution in [3.63, 3.8) is 0 Å². The number of piperazine rings is 1. The van der Waals surface area contributed by atoms with Crippen LogP contribution in [0.5, 0.6) is 5.75 Å². The Bertz CT molecular complexity index is 480. The van der Waals surface area contributed by atoms with E-state index in [-0.39, 0.29) is 5.75 Å². The molecular weight excluding hydrogens is 286 g/mol. The van der Waals surface area contributed by atoms with Crippen LogP contribution >= 0.6 is 0 Å². The van der Waals surface area contributed by atoms with Gasteiger partial charge in [-0.25, -0.2) is 0 Å². The number of alkyl halides is 2. The van der Waals surface area contributed by atoms with Crippen LogP contribution in [0.15, 0.2) is 24.3 Å². The van der Waals surface area contributed by atoms with Crippen LogP contribution in [0.4, 0.5) is 8.78 Å². The predicted octanol–water partition coefficient (Wildman–Crippen LogP) is 3.35. The van der Waals surface area contributed by atoms with Gasteiger partial charge in [-0.15, -0.1) is 0 Å². The maximum Gasteiger partial charge on any atom is 0.387 e. The van der Waals surface area contributed by atoms with E-state index in [1.54, 1.807) is 12.1 Å². The first-order valence-corrected chi connectivity index (χ1v) is 8.17. The van der Waals surface area contributed by atoms with Crippen molar-refractivity contribution in [2.75, 3.05) is 19.6 Å². The molecule has 122 valence electrons. The molecule has 2 aliphatic rings. The van der Waals surface area contributed by atoms with Crippen LogP contribution in [0.1, 0.15) is 31.7 Å². The van der Waals surface area contributed by atoms with Gasteiger partial charge in [0, 0.05) is 31.7 Å². The Morgan fingerprint density at radius 1 is 1.23 bits per heavy atom. The second kappa shape index (κ2) is 6.92. The van der Waals surface area contributed by atoms with Crippen molar-refractivity contribution in [1.82, 2.24) is 9.80 Å². The highest BCUT2D eigenvalue weighted by Gasteiger charge is 2.35. The highest BCUT2D eigenvalue weighted by atomic mass is 19.3. The topological polar surface area (TPSA) is 15.7 Å². The maximum atomic E-state index is 12.2. The van der Waals surface area contributed by atoms with Crippen molar-refractivity contribution in [3.05, 3.63) is 29.8 Å². The Kier molecular flexibility index (Phi) is 4.93. The lowest BCUT2D eigenvalue weighted by Gasteiger charge is -2.43. The van der Waals surface area contributed by atoms with Crippen molar-refractivity contribution >= 4 is 0 Å². The van der Waals surface area contributed by atoms with Gasteiger partial charge in [-0.1, -0.05) is 19.1 Å². The van der Waals surface area contributed by atoms with E-state index in [2.05, 4.69) is 21.5 Å². The number of hydrogen-bond donors (Lipinski definition) is 0. The standard InChI is InChI=1S/C17H24F2N2O/c1-2-14-11-20-9-3-4-15(20)12-21(14)10-13-5-7-16(8-6-13)22-17(18)19/h5-8,14-15,17H,2-4,9-12H2,1H3/t14-,15-/m0/s1. The quantitative estimate of drug-likeness (QED) is 0.829. The summed E-state index contributed by atoms with van der Waals surface area (Å²) < 4.78 is 28.8. The molecule has 2 fully saturated rings. The monoisotopic (exact) mass is 310 g/mol. The summed E-state index contributed by atoms with van der Waals surface area (Å²) in [6.07, 6.45) is 3.76. The lowest BCUT2D eigenvalue weighted by Crippen LogP contribution is -2.55. The number of halogens is 2. The number of ether oxygens (including phenoxy) is 1. The average molecular weight is 310 g/mol. The highest BCUT2D eigenvalue weighted by molar-refractivity contribution is 5.27. The summed E-state index contributed by atoms with van der Waals surface area (Å²) >= 11 is 0. The molecule has 0 bridgehead atoms. The molecule has 0 aromatic heterocycles. The molecule has 1 aromatic carbocycles. The highest BCUT2D eigenvalue weighted by Crippen LogP contribution is 2.27. The van der Waals surface area contributed by atoms with Crippen LogP contribution in [-0.4, -0.2) is 48.1 Å². The maximum absolute atomic E-state index is 12.2. The summed E-state index contributed by atoms with van der Waals surface area (Å²) in [7, 11) is 0. The Hall–Kier alpha value is -1.20. The SMILES string of the molecule is CC[C@H]1CN2CCC[C@H]2CN1Cc1ccc(OC(F)F)cc1. The minimum atomic E-state index is -2.76. The summed E-state index contributed by atoms with van der Waals surface area (Å²) in [4.78, 5) is 5.18. The number of fused-ring (bicyclic) bond motifs is 1. The van der Waals surface area contributed by atoms with Crippen LogP contribution < -0.4 is 4.74 Å². The van der Waals surface area contributed by atoms with Gasteiger partial charge in [0.25, 0.3) is 0 Å². The van der Waals surface area contributed by atoms with Gasteiger partial charge in [-0.05, 0) is 43.5 Å². The molecule has 0 spiro atoms. The van der Waals surface area contributed by atoms with Crippen LogP contribution in [0.3, 0.4) is 0 Å². The molecule has 0 aliphatic carbocycles. The van der Waals surface area contributed by atoms with E-state index in [0.717, 1.165) is 31.6 Å². The van der Waals surface area contributed by atoms with Gasteiger partial charge in [-0.3, -0.25) is 9.80 Å². The second-order valence-corrected chi connectivity index (χ2v) is 6.30. The number of benzene rings is 1. The Morgan fingerprint density at radius 2 is 2.00 bits per heavy atom. The zero-order chi connectivity index (χ0) is 15.5. The molecule has 3 rings (SSSR count). The van der Waals surface area contributed by atoms with E-state index in [4.69, 9.17) is 0 Å². The first kappa shape index (κ1) is 15.7. The molecule has 2 aliphatic heterocycles. The van der Waals surface area contributed by atoms with Crippen LogP contribution in [0, 0.1) is 0 Å². The smallest absolute Gasteiger partial charge is 0.387 e. The largest absolute Gasteiger partial charge is 0.435 e. The van der Waals surface area contributed by atoms with Crippen molar-refractivity contribution in [2.24, 2.45) is 0 Å². The van der Waals surface area contributed by atoms with Crippen LogP contribution in [0.25, 0.3) is 0 Å². The van der Waals surface area contributed by atoms with E-state index in [1.807, 2.05) is 12.1 Å². The molecule has 3 nitrogen and oxygen atoms in total. The van der Waals surface area contributed by atoms with E-state index >= 15 is 0 Å². The summed E-state index contributed by atoms with van der Waals surface area (Å²) in [6.45, 7) is 3.90. The molecule has 0 N–H and O–H groups in total. The summed E-state index contributed by atoms with van der Waals surface area (Å²) in [5.41, 5.74) is 1.16. The van der Waals surface area contributed by atoms with Crippen molar-refractivity contribution in [2.45, 2.75) is 51.4 Å². The second-order valence-electron chi connectivity index (χ2n) is 6.30. The number of nitrogens with zero attached hydrogens (tertiary/aromatic N) is 2. The zero-order valence-corrected chi connectivity index (χ0v) is 13.0. The van der Waals surface area contributed by atoms with E-state index in [9.17, 15) is 8.78 Å². The van der Waals surface area contributed by atoms with Crippen LogP contribution in [0.2, 0.25) is 0 Å². The Morgan fingerprint density at radius 3 is 2.68 bits per heavy atom. The van der Waals surface area contributed by atoms with Crippen molar-refractivity contribution in [1.29, 1.82) is 0 Å². The first-order valence-electron chi connectivity index (χ1n) is 8.17. The Labute approximate surface area is 130 Å². The summed E-state index contributed by atoms with van der Waals surface area (Å²) in [5, 5.41) is 0. The minimum Gasteiger partial charge on any atom is -0.435 e.